The lowest BCUT2D eigenvalue weighted by molar-refractivity contribution is -0.134. The quantitative estimate of drug-likeness (QED) is 0.851. The Bertz CT molecular complexity index is 509. The van der Waals surface area contributed by atoms with Crippen molar-refractivity contribution in [3.05, 3.63) is 16.1 Å². The molecule has 2 saturated heterocycles. The molecule has 0 radical (unpaired) electrons. The zero-order valence-electron chi connectivity index (χ0n) is 13.6. The molecular formula is C17H26N2O2S. The third-order valence-electron chi connectivity index (χ3n) is 4.68. The van der Waals surface area contributed by atoms with Crippen LogP contribution in [-0.2, 0) is 9.53 Å². The van der Waals surface area contributed by atoms with Gasteiger partial charge in [-0.1, -0.05) is 13.8 Å². The normalized spacial score (nSPS) is 25.9. The van der Waals surface area contributed by atoms with E-state index in [1.807, 2.05) is 4.90 Å². The highest BCUT2D eigenvalue weighted by molar-refractivity contribution is 7.09. The number of ether oxygens (including phenoxy) is 1. The zero-order valence-corrected chi connectivity index (χ0v) is 14.4. The highest BCUT2D eigenvalue weighted by atomic mass is 32.1. The van der Waals surface area contributed by atoms with Crippen molar-refractivity contribution in [3.63, 3.8) is 0 Å². The van der Waals surface area contributed by atoms with Crippen LogP contribution in [0.2, 0.25) is 0 Å². The van der Waals surface area contributed by atoms with Crippen molar-refractivity contribution in [3.8, 4) is 0 Å². The first kappa shape index (κ1) is 15.9. The minimum absolute atomic E-state index is 0.153. The number of carbonyl (C=O) groups excluding carboxylic acids is 1. The van der Waals surface area contributed by atoms with Gasteiger partial charge in [0.2, 0.25) is 5.91 Å². The molecule has 3 rings (SSSR count). The molecular weight excluding hydrogens is 296 g/mol. The van der Waals surface area contributed by atoms with Gasteiger partial charge in [0.05, 0.1) is 23.2 Å². The lowest BCUT2D eigenvalue weighted by atomic mass is 9.98. The summed E-state index contributed by atoms with van der Waals surface area (Å²) < 4.78 is 5.60. The molecule has 2 fully saturated rings. The maximum atomic E-state index is 12.5. The fraction of sp³-hybridized carbons (Fsp3) is 0.765. The summed E-state index contributed by atoms with van der Waals surface area (Å²) >= 11 is 1.76. The van der Waals surface area contributed by atoms with Crippen LogP contribution in [-0.4, -0.2) is 41.6 Å². The minimum atomic E-state index is 0.153. The fourth-order valence-electron chi connectivity index (χ4n) is 3.29. The van der Waals surface area contributed by atoms with Gasteiger partial charge in [0.1, 0.15) is 0 Å². The summed E-state index contributed by atoms with van der Waals surface area (Å²) in [6, 6.07) is 0. The number of nitrogens with zero attached hydrogens (tertiary/aromatic N) is 2. The second-order valence-corrected chi connectivity index (χ2v) is 7.67. The van der Waals surface area contributed by atoms with E-state index < -0.39 is 0 Å². The van der Waals surface area contributed by atoms with E-state index in [9.17, 15) is 4.79 Å². The number of thiazole rings is 1. The number of piperidine rings is 1. The Kier molecular flexibility index (Phi) is 5.14. The predicted octanol–water partition coefficient (Wildman–Crippen LogP) is 3.54. The molecule has 0 aromatic carbocycles. The van der Waals surface area contributed by atoms with Crippen LogP contribution in [0.25, 0.3) is 0 Å². The van der Waals surface area contributed by atoms with E-state index in [0.717, 1.165) is 45.4 Å². The molecule has 2 atom stereocenters. The molecule has 2 aliphatic heterocycles. The van der Waals surface area contributed by atoms with Gasteiger partial charge in [-0.3, -0.25) is 4.79 Å². The monoisotopic (exact) mass is 322 g/mol. The van der Waals surface area contributed by atoms with Crippen LogP contribution in [0.3, 0.4) is 0 Å². The van der Waals surface area contributed by atoms with Crippen LogP contribution >= 0.6 is 11.3 Å². The van der Waals surface area contributed by atoms with Crippen molar-refractivity contribution >= 4 is 17.2 Å². The molecule has 1 amide bonds. The fourth-order valence-corrected chi connectivity index (χ4v) is 4.40. The van der Waals surface area contributed by atoms with E-state index in [0.29, 0.717) is 18.3 Å². The van der Waals surface area contributed by atoms with Gasteiger partial charge in [0, 0.05) is 31.0 Å². The van der Waals surface area contributed by atoms with Crippen molar-refractivity contribution in [2.24, 2.45) is 0 Å². The lowest BCUT2D eigenvalue weighted by Crippen LogP contribution is -2.40. The first-order valence-corrected chi connectivity index (χ1v) is 9.36. The number of aromatic nitrogens is 1. The largest absolute Gasteiger partial charge is 0.378 e. The summed E-state index contributed by atoms with van der Waals surface area (Å²) in [6.45, 7) is 6.90. The van der Waals surface area contributed by atoms with Crippen LogP contribution in [0.1, 0.15) is 68.5 Å². The molecule has 0 bridgehead atoms. The standard InChI is InChI=1S/C17H26N2O2S/c1-12(2)15-11-22-17(18-15)13-5-3-7-19(10-13)16(20)9-14-6-4-8-21-14/h11-14H,3-10H2,1-2H3. The Balaban J connectivity index is 1.59. The summed E-state index contributed by atoms with van der Waals surface area (Å²) in [4.78, 5) is 19.3. The van der Waals surface area contributed by atoms with Crippen LogP contribution < -0.4 is 0 Å². The molecule has 0 aliphatic carbocycles. The number of carbonyl (C=O) groups is 1. The SMILES string of the molecule is CC(C)c1csc(C2CCCN(C(=O)CC3CCCO3)C2)n1. The molecule has 2 unspecified atom stereocenters. The highest BCUT2D eigenvalue weighted by Gasteiger charge is 2.29. The molecule has 0 saturated carbocycles. The minimum Gasteiger partial charge on any atom is -0.378 e. The molecule has 1 aromatic rings. The van der Waals surface area contributed by atoms with Crippen molar-refractivity contribution in [2.45, 2.75) is 63.9 Å². The maximum absolute atomic E-state index is 12.5. The van der Waals surface area contributed by atoms with Gasteiger partial charge in [-0.05, 0) is 31.6 Å². The third kappa shape index (κ3) is 3.69. The van der Waals surface area contributed by atoms with Crippen molar-refractivity contribution < 1.29 is 9.53 Å². The number of amides is 1. The van der Waals surface area contributed by atoms with Crippen molar-refractivity contribution in [1.29, 1.82) is 0 Å². The topological polar surface area (TPSA) is 42.4 Å². The molecule has 3 heterocycles. The van der Waals surface area contributed by atoms with Gasteiger partial charge in [0.15, 0.2) is 0 Å². The Morgan fingerprint density at radius 3 is 3.00 bits per heavy atom. The average molecular weight is 322 g/mol. The first-order chi connectivity index (χ1) is 10.6. The van der Waals surface area contributed by atoms with Gasteiger partial charge in [0.25, 0.3) is 0 Å². The van der Waals surface area contributed by atoms with E-state index in [-0.39, 0.29) is 12.0 Å². The average Bonchev–Trinajstić information content (AvgIpc) is 3.18. The molecule has 1 aromatic heterocycles. The lowest BCUT2D eigenvalue weighted by Gasteiger charge is -2.32. The molecule has 5 heteroatoms. The molecule has 4 nitrogen and oxygen atoms in total. The third-order valence-corrected chi connectivity index (χ3v) is 5.71. The summed E-state index contributed by atoms with van der Waals surface area (Å²) in [5, 5.41) is 3.38. The second kappa shape index (κ2) is 7.09. The highest BCUT2D eigenvalue weighted by Crippen LogP contribution is 2.31. The molecule has 0 spiro atoms. The van der Waals surface area contributed by atoms with E-state index in [2.05, 4.69) is 19.2 Å². The summed E-state index contributed by atoms with van der Waals surface area (Å²) in [5.41, 5.74) is 1.18. The zero-order chi connectivity index (χ0) is 15.5. The van der Waals surface area contributed by atoms with Crippen LogP contribution in [0.5, 0.6) is 0 Å². The Hall–Kier alpha value is -0.940. The van der Waals surface area contributed by atoms with E-state index in [4.69, 9.17) is 9.72 Å². The number of likely N-dealkylation sites (tertiary alicyclic amines) is 1. The Morgan fingerprint density at radius 1 is 1.45 bits per heavy atom. The van der Waals surface area contributed by atoms with Gasteiger partial charge in [-0.25, -0.2) is 4.98 Å². The van der Waals surface area contributed by atoms with Crippen molar-refractivity contribution in [1.82, 2.24) is 9.88 Å². The number of hydrogen-bond donors (Lipinski definition) is 0. The summed E-state index contributed by atoms with van der Waals surface area (Å²) in [5.74, 6) is 1.16. The number of rotatable bonds is 4. The van der Waals surface area contributed by atoms with Gasteiger partial charge < -0.3 is 9.64 Å². The van der Waals surface area contributed by atoms with Gasteiger partial charge >= 0.3 is 0 Å². The molecule has 122 valence electrons. The molecule has 2 aliphatic rings. The van der Waals surface area contributed by atoms with E-state index in [1.54, 1.807) is 11.3 Å². The second-order valence-electron chi connectivity index (χ2n) is 6.78. The first-order valence-electron chi connectivity index (χ1n) is 8.48. The maximum Gasteiger partial charge on any atom is 0.225 e. The Labute approximate surface area is 136 Å². The van der Waals surface area contributed by atoms with Crippen LogP contribution in [0, 0.1) is 0 Å². The smallest absolute Gasteiger partial charge is 0.225 e. The Morgan fingerprint density at radius 2 is 2.32 bits per heavy atom. The predicted molar refractivity (Wildman–Crippen MR) is 88.3 cm³/mol. The van der Waals surface area contributed by atoms with Crippen LogP contribution in [0.15, 0.2) is 5.38 Å². The summed E-state index contributed by atoms with van der Waals surface area (Å²) in [6.07, 6.45) is 5.07. The molecule has 0 N–H and O–H groups in total. The van der Waals surface area contributed by atoms with Crippen LogP contribution in [0.4, 0.5) is 0 Å². The van der Waals surface area contributed by atoms with E-state index >= 15 is 0 Å². The molecule has 22 heavy (non-hydrogen) atoms. The number of hydrogen-bond acceptors (Lipinski definition) is 4. The van der Waals surface area contributed by atoms with Crippen molar-refractivity contribution in [2.75, 3.05) is 19.7 Å². The van der Waals surface area contributed by atoms with Gasteiger partial charge in [-0.2, -0.15) is 0 Å². The van der Waals surface area contributed by atoms with Gasteiger partial charge in [-0.15, -0.1) is 11.3 Å². The van der Waals surface area contributed by atoms with E-state index in [1.165, 1.54) is 10.7 Å². The summed E-state index contributed by atoms with van der Waals surface area (Å²) in [7, 11) is 0.